The molecule has 0 N–H and O–H groups in total. The summed E-state index contributed by atoms with van der Waals surface area (Å²) in [6.45, 7) is 3.52. The summed E-state index contributed by atoms with van der Waals surface area (Å²) in [5.41, 5.74) is 0.109. The zero-order chi connectivity index (χ0) is 15.4. The Kier molecular flexibility index (Phi) is 4.32. The Hall–Kier alpha value is -2.70. The van der Waals surface area contributed by atoms with Gasteiger partial charge in [-0.3, -0.25) is 10.1 Å². The van der Waals surface area contributed by atoms with E-state index in [9.17, 15) is 14.9 Å². The van der Waals surface area contributed by atoms with E-state index in [0.29, 0.717) is 11.1 Å². The number of ether oxygens (including phenoxy) is 2. The maximum atomic E-state index is 11.6. The smallest absolute Gasteiger partial charge is 0.347 e. The molecule has 0 aliphatic heterocycles. The Morgan fingerprint density at radius 2 is 2.19 bits per heavy atom. The van der Waals surface area contributed by atoms with Crippen molar-refractivity contribution in [2.75, 3.05) is 6.61 Å². The predicted molar refractivity (Wildman–Crippen MR) is 75.1 cm³/mol. The fraction of sp³-hybridized carbons (Fsp3) is 0.286. The first-order valence-electron chi connectivity index (χ1n) is 6.40. The molecule has 7 heteroatoms. The van der Waals surface area contributed by atoms with Crippen LogP contribution in [-0.4, -0.2) is 28.6 Å². The summed E-state index contributed by atoms with van der Waals surface area (Å²) in [7, 11) is 0. The number of rotatable bonds is 5. The topological polar surface area (TPSA) is 91.6 Å². The van der Waals surface area contributed by atoms with E-state index in [4.69, 9.17) is 9.47 Å². The van der Waals surface area contributed by atoms with Crippen LogP contribution in [0.2, 0.25) is 0 Å². The van der Waals surface area contributed by atoms with Gasteiger partial charge >= 0.3 is 5.97 Å². The summed E-state index contributed by atoms with van der Waals surface area (Å²) in [5.74, 6) is -0.142. The summed E-state index contributed by atoms with van der Waals surface area (Å²) in [5, 5.41) is 11.5. The first-order chi connectivity index (χ1) is 10.0. The number of pyridine rings is 1. The average Bonchev–Trinajstić information content (AvgIpc) is 2.47. The van der Waals surface area contributed by atoms with Crippen molar-refractivity contribution in [2.24, 2.45) is 0 Å². The van der Waals surface area contributed by atoms with Crippen molar-refractivity contribution in [3.05, 3.63) is 40.6 Å². The highest BCUT2D eigenvalue weighted by atomic mass is 16.6. The molecule has 1 heterocycles. The molecule has 0 radical (unpaired) electrons. The van der Waals surface area contributed by atoms with Crippen LogP contribution < -0.4 is 4.74 Å². The third kappa shape index (κ3) is 3.07. The normalized spacial score (nSPS) is 11.9. The lowest BCUT2D eigenvalue weighted by atomic mass is 10.1. The summed E-state index contributed by atoms with van der Waals surface area (Å²) in [6, 6.07) is 6.07. The fourth-order valence-electron chi connectivity index (χ4n) is 1.88. The van der Waals surface area contributed by atoms with Gasteiger partial charge in [0.15, 0.2) is 11.6 Å². The molecule has 0 spiro atoms. The molecule has 7 nitrogen and oxygen atoms in total. The highest BCUT2D eigenvalue weighted by Gasteiger charge is 2.20. The van der Waals surface area contributed by atoms with Crippen LogP contribution in [0, 0.1) is 10.1 Å². The number of fused-ring (bicyclic) bond motifs is 1. The molecular weight excluding hydrogens is 276 g/mol. The van der Waals surface area contributed by atoms with Gasteiger partial charge in [-0.15, -0.1) is 0 Å². The molecule has 0 aliphatic carbocycles. The predicted octanol–water partition coefficient (Wildman–Crippen LogP) is 2.47. The standard InChI is InChI=1S/C14H14N2O5/c1-3-20-14(17)9(2)21-12-7-6-11(16(18)19)13-10(12)5-4-8-15-13/h4-9H,3H2,1-2H3. The van der Waals surface area contributed by atoms with E-state index in [0.717, 1.165) is 0 Å². The van der Waals surface area contributed by atoms with E-state index < -0.39 is 17.0 Å². The van der Waals surface area contributed by atoms with E-state index in [1.54, 1.807) is 26.0 Å². The molecule has 0 saturated heterocycles. The van der Waals surface area contributed by atoms with Gasteiger partial charge in [0.2, 0.25) is 0 Å². The van der Waals surface area contributed by atoms with E-state index in [1.165, 1.54) is 18.3 Å². The number of benzene rings is 1. The van der Waals surface area contributed by atoms with Crippen LogP contribution in [0.3, 0.4) is 0 Å². The van der Waals surface area contributed by atoms with Crippen LogP contribution in [0.25, 0.3) is 10.9 Å². The third-order valence-electron chi connectivity index (χ3n) is 2.83. The van der Waals surface area contributed by atoms with Crippen LogP contribution in [0.4, 0.5) is 5.69 Å². The van der Waals surface area contributed by atoms with Gasteiger partial charge in [0, 0.05) is 17.6 Å². The number of nitrogens with zero attached hydrogens (tertiary/aromatic N) is 2. The lowest BCUT2D eigenvalue weighted by Gasteiger charge is -2.14. The van der Waals surface area contributed by atoms with Gasteiger partial charge in [-0.05, 0) is 32.0 Å². The zero-order valence-corrected chi connectivity index (χ0v) is 11.6. The maximum absolute atomic E-state index is 11.6. The van der Waals surface area contributed by atoms with Crippen LogP contribution in [0.5, 0.6) is 5.75 Å². The van der Waals surface area contributed by atoms with Crippen LogP contribution in [0.15, 0.2) is 30.5 Å². The highest BCUT2D eigenvalue weighted by Crippen LogP contribution is 2.31. The lowest BCUT2D eigenvalue weighted by Crippen LogP contribution is -2.26. The number of carbonyl (C=O) groups is 1. The number of non-ortho nitro benzene ring substituents is 1. The Labute approximate surface area is 120 Å². The minimum absolute atomic E-state index is 0.110. The maximum Gasteiger partial charge on any atom is 0.347 e. The minimum atomic E-state index is -0.810. The van der Waals surface area contributed by atoms with Crippen molar-refractivity contribution >= 4 is 22.6 Å². The van der Waals surface area contributed by atoms with Crippen LogP contribution in [0.1, 0.15) is 13.8 Å². The molecule has 0 saturated carbocycles. The molecular formula is C14H14N2O5. The summed E-state index contributed by atoms with van der Waals surface area (Å²) in [4.78, 5) is 26.1. The third-order valence-corrected chi connectivity index (χ3v) is 2.83. The van der Waals surface area contributed by atoms with Gasteiger partial charge in [0.05, 0.1) is 11.5 Å². The van der Waals surface area contributed by atoms with E-state index >= 15 is 0 Å². The molecule has 110 valence electrons. The zero-order valence-electron chi connectivity index (χ0n) is 11.6. The quantitative estimate of drug-likeness (QED) is 0.477. The number of nitro groups is 1. The van der Waals surface area contributed by atoms with E-state index in [-0.39, 0.29) is 17.8 Å². The van der Waals surface area contributed by atoms with Crippen LogP contribution >= 0.6 is 0 Å². The minimum Gasteiger partial charge on any atom is -0.478 e. The van der Waals surface area contributed by atoms with Gasteiger partial charge in [-0.1, -0.05) is 0 Å². The molecule has 0 fully saturated rings. The number of hydrogen-bond acceptors (Lipinski definition) is 6. The molecule has 1 aromatic heterocycles. The summed E-state index contributed by atoms with van der Waals surface area (Å²) >= 11 is 0. The van der Waals surface area contributed by atoms with Crippen molar-refractivity contribution in [1.82, 2.24) is 4.98 Å². The molecule has 0 bridgehead atoms. The van der Waals surface area contributed by atoms with Crippen molar-refractivity contribution in [2.45, 2.75) is 20.0 Å². The number of hydrogen-bond donors (Lipinski definition) is 0. The average molecular weight is 290 g/mol. The Morgan fingerprint density at radius 1 is 1.43 bits per heavy atom. The summed E-state index contributed by atoms with van der Waals surface area (Å²) < 4.78 is 10.4. The molecule has 1 atom stereocenters. The fourth-order valence-corrected chi connectivity index (χ4v) is 1.88. The Morgan fingerprint density at radius 3 is 2.86 bits per heavy atom. The molecule has 21 heavy (non-hydrogen) atoms. The first kappa shape index (κ1) is 14.7. The van der Waals surface area contributed by atoms with Crippen molar-refractivity contribution in [3.63, 3.8) is 0 Å². The largest absolute Gasteiger partial charge is 0.478 e. The second-order valence-electron chi connectivity index (χ2n) is 4.25. The van der Waals surface area contributed by atoms with E-state index in [2.05, 4.69) is 4.98 Å². The SMILES string of the molecule is CCOC(=O)C(C)Oc1ccc([N+](=O)[O-])c2ncccc12. The van der Waals surface area contributed by atoms with E-state index in [1.807, 2.05) is 0 Å². The molecule has 2 aromatic rings. The molecule has 1 aromatic carbocycles. The number of esters is 1. The molecule has 1 unspecified atom stereocenters. The Balaban J connectivity index is 2.40. The van der Waals surface area contributed by atoms with Gasteiger partial charge in [-0.2, -0.15) is 0 Å². The lowest BCUT2D eigenvalue weighted by molar-refractivity contribution is -0.383. The number of aromatic nitrogens is 1. The van der Waals surface area contributed by atoms with Gasteiger partial charge < -0.3 is 9.47 Å². The molecule has 0 amide bonds. The molecule has 2 rings (SSSR count). The summed E-state index contributed by atoms with van der Waals surface area (Å²) in [6.07, 6.45) is 0.656. The van der Waals surface area contributed by atoms with Crippen molar-refractivity contribution in [1.29, 1.82) is 0 Å². The first-order valence-corrected chi connectivity index (χ1v) is 6.40. The van der Waals surface area contributed by atoms with Gasteiger partial charge in [0.25, 0.3) is 5.69 Å². The highest BCUT2D eigenvalue weighted by molar-refractivity contribution is 5.92. The van der Waals surface area contributed by atoms with Crippen LogP contribution in [-0.2, 0) is 9.53 Å². The van der Waals surface area contributed by atoms with Gasteiger partial charge in [0.1, 0.15) is 5.75 Å². The number of carbonyl (C=O) groups excluding carboxylic acids is 1. The van der Waals surface area contributed by atoms with Crippen molar-refractivity contribution in [3.8, 4) is 5.75 Å². The van der Waals surface area contributed by atoms with Gasteiger partial charge in [-0.25, -0.2) is 9.78 Å². The second-order valence-corrected chi connectivity index (χ2v) is 4.25. The monoisotopic (exact) mass is 290 g/mol. The Bertz CT molecular complexity index is 686. The number of nitro benzene ring substituents is 1. The molecule has 0 aliphatic rings. The second kappa shape index (κ2) is 6.17. The van der Waals surface area contributed by atoms with Crippen molar-refractivity contribution < 1.29 is 19.2 Å².